The number of rotatable bonds is 4. The van der Waals surface area contributed by atoms with E-state index in [0.29, 0.717) is 5.92 Å². The molecule has 0 N–H and O–H groups in total. The van der Waals surface area contributed by atoms with E-state index in [4.69, 9.17) is 0 Å². The molecule has 0 amide bonds. The van der Waals surface area contributed by atoms with E-state index in [1.54, 1.807) is 18.5 Å². The van der Waals surface area contributed by atoms with Crippen molar-refractivity contribution in [3.63, 3.8) is 0 Å². The maximum absolute atomic E-state index is 12.6. The lowest BCUT2D eigenvalue weighted by molar-refractivity contribution is 0.237. The van der Waals surface area contributed by atoms with Gasteiger partial charge in [-0.25, -0.2) is 4.79 Å². The fraction of sp³-hybridized carbons (Fsp3) is 0.562. The maximum Gasteiger partial charge on any atom is 0.369 e. The van der Waals surface area contributed by atoms with E-state index in [1.165, 1.54) is 14.9 Å². The first kappa shape index (κ1) is 15.5. The minimum Gasteiger partial charge on any atom is -0.244 e. The molecule has 2 heterocycles. The second-order valence-corrected chi connectivity index (χ2v) is 5.95. The van der Waals surface area contributed by atoms with Crippen LogP contribution in [0.4, 0.5) is 4.79 Å². The van der Waals surface area contributed by atoms with Crippen molar-refractivity contribution < 1.29 is 4.79 Å². The average Bonchev–Trinajstić information content (AvgIpc) is 3.05. The number of carbonyl (C=O) groups excluding carboxylic acids is 1. The van der Waals surface area contributed by atoms with Crippen LogP contribution in [0.25, 0.3) is 0 Å². The summed E-state index contributed by atoms with van der Waals surface area (Å²) in [6, 6.07) is 1.53. The molecule has 5 heteroatoms. The largest absolute Gasteiger partial charge is 0.369 e. The van der Waals surface area contributed by atoms with Gasteiger partial charge in [0.15, 0.2) is 0 Å². The summed E-state index contributed by atoms with van der Waals surface area (Å²) in [5, 5.41) is 8.64. The molecule has 0 unspecified atom stereocenters. The summed E-state index contributed by atoms with van der Waals surface area (Å²) in [6.45, 7) is 10.6. The highest BCUT2D eigenvalue weighted by Crippen LogP contribution is 2.28. The van der Waals surface area contributed by atoms with Gasteiger partial charge in [-0.2, -0.15) is 19.6 Å². The molecule has 0 bridgehead atoms. The number of hydrogen-bond donors (Lipinski definition) is 0. The molecule has 0 fully saturated rings. The van der Waals surface area contributed by atoms with Gasteiger partial charge >= 0.3 is 6.03 Å². The van der Waals surface area contributed by atoms with Crippen LogP contribution in [0.5, 0.6) is 0 Å². The van der Waals surface area contributed by atoms with Crippen molar-refractivity contribution in [2.75, 3.05) is 0 Å². The number of nitrogens with zero attached hydrogens (tertiary/aromatic N) is 4. The van der Waals surface area contributed by atoms with E-state index in [1.807, 2.05) is 0 Å². The fourth-order valence-corrected chi connectivity index (χ4v) is 2.67. The lowest BCUT2D eigenvalue weighted by atomic mass is 9.96. The second kappa shape index (κ2) is 6.24. The van der Waals surface area contributed by atoms with Gasteiger partial charge < -0.3 is 0 Å². The Hall–Kier alpha value is -1.91. The topological polar surface area (TPSA) is 52.7 Å². The monoisotopic (exact) mass is 288 g/mol. The summed E-state index contributed by atoms with van der Waals surface area (Å²) in [5.74, 6) is 0.543. The SMILES string of the molecule is CCCc1c(C(C)C)nn(C(=O)n2cccn2)c1C(C)C. The molecule has 0 saturated carbocycles. The Bertz CT molecular complexity index is 609. The van der Waals surface area contributed by atoms with E-state index in [-0.39, 0.29) is 11.9 Å². The van der Waals surface area contributed by atoms with E-state index in [2.05, 4.69) is 44.8 Å². The van der Waals surface area contributed by atoms with Crippen LogP contribution in [-0.4, -0.2) is 25.6 Å². The Balaban J connectivity index is 2.59. The predicted molar refractivity (Wildman–Crippen MR) is 82.8 cm³/mol. The molecule has 0 aromatic carbocycles. The minimum atomic E-state index is -0.215. The van der Waals surface area contributed by atoms with Gasteiger partial charge in [0, 0.05) is 12.4 Å². The minimum absolute atomic E-state index is 0.215. The van der Waals surface area contributed by atoms with E-state index >= 15 is 0 Å². The first-order valence-corrected chi connectivity index (χ1v) is 7.63. The standard InChI is InChI=1S/C16H24N4O/c1-6-8-13-14(11(2)3)18-20(15(13)12(4)5)16(21)19-10-7-9-17-19/h7,9-12H,6,8H2,1-5H3. The molecule has 0 aliphatic heterocycles. The van der Waals surface area contributed by atoms with Crippen molar-refractivity contribution in [2.45, 2.75) is 59.3 Å². The van der Waals surface area contributed by atoms with Gasteiger partial charge in [0.05, 0.1) is 11.4 Å². The van der Waals surface area contributed by atoms with Crippen LogP contribution in [0, 0.1) is 0 Å². The summed E-state index contributed by atoms with van der Waals surface area (Å²) in [4.78, 5) is 12.6. The summed E-state index contributed by atoms with van der Waals surface area (Å²) in [7, 11) is 0. The molecule has 5 nitrogen and oxygen atoms in total. The quantitative estimate of drug-likeness (QED) is 0.860. The van der Waals surface area contributed by atoms with Crippen molar-refractivity contribution in [1.29, 1.82) is 0 Å². The molecule has 0 spiro atoms. The Morgan fingerprint density at radius 3 is 2.43 bits per heavy atom. The van der Waals surface area contributed by atoms with E-state index in [9.17, 15) is 4.79 Å². The van der Waals surface area contributed by atoms with Crippen molar-refractivity contribution in [2.24, 2.45) is 0 Å². The normalized spacial score (nSPS) is 11.6. The molecule has 21 heavy (non-hydrogen) atoms. The lowest BCUT2D eigenvalue weighted by Crippen LogP contribution is -2.24. The molecular formula is C16H24N4O. The predicted octanol–water partition coefficient (Wildman–Crippen LogP) is 3.80. The summed E-state index contributed by atoms with van der Waals surface area (Å²) in [5.41, 5.74) is 3.27. The first-order chi connectivity index (χ1) is 9.97. The Kier molecular flexibility index (Phi) is 4.60. The van der Waals surface area contributed by atoms with Gasteiger partial charge in [-0.15, -0.1) is 0 Å². The second-order valence-electron chi connectivity index (χ2n) is 5.95. The van der Waals surface area contributed by atoms with Gasteiger partial charge in [0.1, 0.15) is 0 Å². The lowest BCUT2D eigenvalue weighted by Gasteiger charge is -2.11. The highest BCUT2D eigenvalue weighted by molar-refractivity contribution is 5.78. The van der Waals surface area contributed by atoms with Crippen LogP contribution in [0.15, 0.2) is 18.5 Å². The van der Waals surface area contributed by atoms with Gasteiger partial charge in [0.25, 0.3) is 0 Å². The molecule has 2 rings (SSSR count). The van der Waals surface area contributed by atoms with Crippen molar-refractivity contribution >= 4 is 6.03 Å². The molecule has 2 aromatic rings. The Labute approximate surface area is 126 Å². The molecule has 0 aliphatic rings. The highest BCUT2D eigenvalue weighted by atomic mass is 16.2. The number of hydrogen-bond acceptors (Lipinski definition) is 3. The van der Waals surface area contributed by atoms with Crippen molar-refractivity contribution in [3.8, 4) is 0 Å². The zero-order valence-corrected chi connectivity index (χ0v) is 13.5. The summed E-state index contributed by atoms with van der Waals surface area (Å²) < 4.78 is 2.87. The van der Waals surface area contributed by atoms with Crippen molar-refractivity contribution in [1.82, 2.24) is 19.6 Å². The van der Waals surface area contributed by atoms with E-state index < -0.39 is 0 Å². The van der Waals surface area contributed by atoms with Crippen LogP contribution in [0.1, 0.15) is 69.8 Å². The molecule has 0 radical (unpaired) electrons. The van der Waals surface area contributed by atoms with Crippen LogP contribution in [0.3, 0.4) is 0 Å². The third-order valence-corrected chi connectivity index (χ3v) is 3.53. The van der Waals surface area contributed by atoms with Crippen LogP contribution in [0.2, 0.25) is 0 Å². The van der Waals surface area contributed by atoms with Gasteiger partial charge in [-0.3, -0.25) is 0 Å². The zero-order valence-electron chi connectivity index (χ0n) is 13.5. The highest BCUT2D eigenvalue weighted by Gasteiger charge is 2.25. The van der Waals surface area contributed by atoms with Crippen LogP contribution in [-0.2, 0) is 6.42 Å². The smallest absolute Gasteiger partial charge is 0.244 e. The first-order valence-electron chi connectivity index (χ1n) is 7.63. The molecule has 0 atom stereocenters. The zero-order chi connectivity index (χ0) is 15.6. The molecule has 114 valence electrons. The Morgan fingerprint density at radius 2 is 1.95 bits per heavy atom. The van der Waals surface area contributed by atoms with Crippen LogP contribution >= 0.6 is 0 Å². The number of aromatic nitrogens is 4. The molecule has 0 saturated heterocycles. The number of carbonyl (C=O) groups is 1. The average molecular weight is 288 g/mol. The fourth-order valence-electron chi connectivity index (χ4n) is 2.67. The van der Waals surface area contributed by atoms with Gasteiger partial charge in [-0.1, -0.05) is 41.0 Å². The van der Waals surface area contributed by atoms with Gasteiger partial charge in [0.2, 0.25) is 0 Å². The molecular weight excluding hydrogens is 264 g/mol. The van der Waals surface area contributed by atoms with E-state index in [0.717, 1.165) is 24.2 Å². The van der Waals surface area contributed by atoms with Crippen LogP contribution < -0.4 is 0 Å². The summed E-state index contributed by atoms with van der Waals surface area (Å²) in [6.07, 6.45) is 5.25. The Morgan fingerprint density at radius 1 is 1.24 bits per heavy atom. The maximum atomic E-state index is 12.6. The summed E-state index contributed by atoms with van der Waals surface area (Å²) >= 11 is 0. The molecule has 0 aliphatic carbocycles. The molecule has 2 aromatic heterocycles. The van der Waals surface area contributed by atoms with Gasteiger partial charge in [-0.05, 0) is 29.9 Å². The third kappa shape index (κ3) is 2.91. The third-order valence-electron chi connectivity index (χ3n) is 3.53. The van der Waals surface area contributed by atoms with Crippen molar-refractivity contribution in [3.05, 3.63) is 35.4 Å².